The Morgan fingerprint density at radius 1 is 0.949 bits per heavy atom. The SMILES string of the molecule is NC(=O)c1ccc2c(n1)-c1nc(C(=O)N/N=C/C3=C4C=CC=CC4N(Cc4ccccc4)C=C3)ccc1CC2. The number of hydrazone groups is 1. The number of fused-ring (bicyclic) bond motifs is 4. The molecule has 2 aliphatic carbocycles. The van der Waals surface area contributed by atoms with E-state index < -0.39 is 11.8 Å². The quantitative estimate of drug-likeness (QED) is 0.383. The first kappa shape index (κ1) is 24.2. The number of nitrogens with zero attached hydrogens (tertiary/aromatic N) is 4. The third-order valence-corrected chi connectivity index (χ3v) is 7.04. The van der Waals surface area contributed by atoms with Crippen molar-refractivity contribution >= 4 is 18.0 Å². The molecule has 0 saturated carbocycles. The van der Waals surface area contributed by atoms with Gasteiger partial charge in [-0.2, -0.15) is 5.10 Å². The molecular weight excluding hydrogens is 488 g/mol. The van der Waals surface area contributed by atoms with Crippen LogP contribution in [0.5, 0.6) is 0 Å². The molecule has 8 nitrogen and oxygen atoms in total. The van der Waals surface area contributed by atoms with Crippen LogP contribution in [0.4, 0.5) is 0 Å². The van der Waals surface area contributed by atoms with Gasteiger partial charge in [-0.05, 0) is 53.3 Å². The van der Waals surface area contributed by atoms with E-state index in [0.29, 0.717) is 11.4 Å². The molecule has 0 spiro atoms. The number of nitrogens with two attached hydrogens (primary N) is 1. The zero-order chi connectivity index (χ0) is 26.8. The number of pyridine rings is 2. The molecule has 3 aliphatic rings. The highest BCUT2D eigenvalue weighted by atomic mass is 16.2. The number of carbonyl (C=O) groups is 2. The van der Waals surface area contributed by atoms with Crippen molar-refractivity contribution in [2.75, 3.05) is 0 Å². The van der Waals surface area contributed by atoms with Crippen LogP contribution in [0, 0.1) is 0 Å². The van der Waals surface area contributed by atoms with Gasteiger partial charge in [-0.1, -0.05) is 66.8 Å². The van der Waals surface area contributed by atoms with E-state index >= 15 is 0 Å². The second-order valence-corrected chi connectivity index (χ2v) is 9.55. The van der Waals surface area contributed by atoms with E-state index in [2.05, 4.69) is 55.9 Å². The molecule has 1 atom stereocenters. The third-order valence-electron chi connectivity index (χ3n) is 7.04. The lowest BCUT2D eigenvalue weighted by molar-refractivity contribution is 0.0948. The summed E-state index contributed by atoms with van der Waals surface area (Å²) in [5.41, 5.74) is 14.8. The highest BCUT2D eigenvalue weighted by Crippen LogP contribution is 2.31. The molecule has 1 unspecified atom stereocenters. The third kappa shape index (κ3) is 4.92. The number of primary amides is 1. The second kappa shape index (κ2) is 10.3. The predicted octanol–water partition coefficient (Wildman–Crippen LogP) is 3.88. The summed E-state index contributed by atoms with van der Waals surface area (Å²) in [5, 5.41) is 4.24. The van der Waals surface area contributed by atoms with Gasteiger partial charge in [-0.15, -0.1) is 0 Å². The molecule has 1 aromatic carbocycles. The van der Waals surface area contributed by atoms with Crippen LogP contribution in [0.2, 0.25) is 0 Å². The van der Waals surface area contributed by atoms with Gasteiger partial charge >= 0.3 is 0 Å². The first-order valence-corrected chi connectivity index (χ1v) is 12.8. The molecule has 0 radical (unpaired) electrons. The molecule has 2 aromatic heterocycles. The zero-order valence-corrected chi connectivity index (χ0v) is 21.1. The maximum Gasteiger partial charge on any atom is 0.289 e. The molecular formula is C31H26N6O2. The molecule has 3 aromatic rings. The fourth-order valence-corrected chi connectivity index (χ4v) is 5.06. The molecule has 3 heterocycles. The average molecular weight is 515 g/mol. The first-order chi connectivity index (χ1) is 19.1. The first-order valence-electron chi connectivity index (χ1n) is 12.8. The Kier molecular flexibility index (Phi) is 6.42. The fourth-order valence-electron chi connectivity index (χ4n) is 5.06. The van der Waals surface area contributed by atoms with Gasteiger partial charge in [0.1, 0.15) is 11.4 Å². The summed E-state index contributed by atoms with van der Waals surface area (Å²) in [6.45, 7) is 0.785. The summed E-state index contributed by atoms with van der Waals surface area (Å²) >= 11 is 0. The van der Waals surface area contributed by atoms with Crippen molar-refractivity contribution in [3.8, 4) is 11.4 Å². The van der Waals surface area contributed by atoms with Crippen molar-refractivity contribution in [1.82, 2.24) is 20.3 Å². The molecule has 192 valence electrons. The van der Waals surface area contributed by atoms with Gasteiger partial charge in [0.15, 0.2) is 0 Å². The molecule has 39 heavy (non-hydrogen) atoms. The lowest BCUT2D eigenvalue weighted by Crippen LogP contribution is -2.34. The van der Waals surface area contributed by atoms with Crippen molar-refractivity contribution < 1.29 is 9.59 Å². The summed E-state index contributed by atoms with van der Waals surface area (Å²) in [6.07, 6.45) is 15.6. The minimum atomic E-state index is -0.603. The summed E-state index contributed by atoms with van der Waals surface area (Å²) in [7, 11) is 0. The molecule has 0 saturated heterocycles. The van der Waals surface area contributed by atoms with E-state index in [1.54, 1.807) is 18.3 Å². The normalized spacial score (nSPS) is 17.1. The van der Waals surface area contributed by atoms with Crippen molar-refractivity contribution in [2.45, 2.75) is 25.4 Å². The van der Waals surface area contributed by atoms with Gasteiger partial charge in [0, 0.05) is 18.3 Å². The molecule has 0 fully saturated rings. The molecule has 1 aliphatic heterocycles. The highest BCUT2D eigenvalue weighted by molar-refractivity contribution is 5.95. The zero-order valence-electron chi connectivity index (χ0n) is 21.1. The van der Waals surface area contributed by atoms with Crippen molar-refractivity contribution in [3.05, 3.63) is 130 Å². The van der Waals surface area contributed by atoms with E-state index in [9.17, 15) is 9.59 Å². The number of amides is 2. The molecule has 3 N–H and O–H groups in total. The second-order valence-electron chi connectivity index (χ2n) is 9.55. The Hall–Kier alpha value is -5.11. The largest absolute Gasteiger partial charge is 0.364 e. The number of benzene rings is 1. The Morgan fingerprint density at radius 2 is 1.67 bits per heavy atom. The number of nitrogens with one attached hydrogen (secondary N) is 1. The minimum absolute atomic E-state index is 0.0810. The molecule has 2 amide bonds. The van der Waals surface area contributed by atoms with Gasteiger partial charge in [-0.25, -0.2) is 15.4 Å². The van der Waals surface area contributed by atoms with Crippen LogP contribution in [0.15, 0.2) is 107 Å². The summed E-state index contributed by atoms with van der Waals surface area (Å²) < 4.78 is 0. The summed E-state index contributed by atoms with van der Waals surface area (Å²) in [5.74, 6) is -1.03. The standard InChI is InChI=1S/C31H26N6O2/c32-30(38)25-14-12-21-10-11-22-13-15-26(35-29(22)28(21)34-25)31(39)36-33-18-23-16-17-37(19-20-6-2-1-3-7-20)27-9-5-4-8-24(23)27/h1-9,12-18,27H,10-11,19H2,(H2,32,38)(H,36,39)/b33-18+. The van der Waals surface area contributed by atoms with Gasteiger partial charge in [0.05, 0.1) is 23.6 Å². The number of aromatic nitrogens is 2. The Morgan fingerprint density at radius 3 is 2.41 bits per heavy atom. The van der Waals surface area contributed by atoms with Gasteiger partial charge < -0.3 is 10.6 Å². The van der Waals surface area contributed by atoms with Crippen LogP contribution < -0.4 is 11.2 Å². The van der Waals surface area contributed by atoms with Crippen molar-refractivity contribution in [1.29, 1.82) is 0 Å². The van der Waals surface area contributed by atoms with Crippen LogP contribution in [-0.2, 0) is 19.4 Å². The number of carbonyl (C=O) groups excluding carboxylic acids is 2. The maximum atomic E-state index is 12.9. The summed E-state index contributed by atoms with van der Waals surface area (Å²) in [4.78, 5) is 35.9. The van der Waals surface area contributed by atoms with E-state index in [0.717, 1.165) is 41.7 Å². The van der Waals surface area contributed by atoms with Crippen molar-refractivity contribution in [2.24, 2.45) is 10.8 Å². The van der Waals surface area contributed by atoms with Gasteiger partial charge in [0.25, 0.3) is 11.8 Å². The minimum Gasteiger partial charge on any atom is -0.364 e. The number of rotatable bonds is 6. The van der Waals surface area contributed by atoms with Gasteiger partial charge in [-0.3, -0.25) is 9.59 Å². The van der Waals surface area contributed by atoms with Crippen LogP contribution in [-0.4, -0.2) is 38.9 Å². The molecule has 8 heteroatoms. The Labute approximate surface area is 226 Å². The monoisotopic (exact) mass is 514 g/mol. The Bertz CT molecular complexity index is 1620. The highest BCUT2D eigenvalue weighted by Gasteiger charge is 2.24. The molecule has 0 bridgehead atoms. The molecule has 6 rings (SSSR count). The van der Waals surface area contributed by atoms with Crippen LogP contribution in [0.3, 0.4) is 0 Å². The van der Waals surface area contributed by atoms with Crippen LogP contribution in [0.25, 0.3) is 11.4 Å². The smallest absolute Gasteiger partial charge is 0.289 e. The Balaban J connectivity index is 1.19. The number of hydrogen-bond donors (Lipinski definition) is 2. The number of aryl methyl sites for hydroxylation is 2. The van der Waals surface area contributed by atoms with E-state index in [1.165, 1.54) is 5.56 Å². The average Bonchev–Trinajstić information content (AvgIpc) is 2.98. The van der Waals surface area contributed by atoms with Crippen molar-refractivity contribution in [3.63, 3.8) is 0 Å². The summed E-state index contributed by atoms with van der Waals surface area (Å²) in [6, 6.07) is 17.4. The van der Waals surface area contributed by atoms with E-state index in [1.807, 2.05) is 48.6 Å². The lowest BCUT2D eigenvalue weighted by atomic mass is 9.92. The number of allylic oxidation sites excluding steroid dienone is 4. The maximum absolute atomic E-state index is 12.9. The predicted molar refractivity (Wildman–Crippen MR) is 150 cm³/mol. The number of hydrogen-bond acceptors (Lipinski definition) is 6. The van der Waals surface area contributed by atoms with Crippen LogP contribution in [0.1, 0.15) is 37.7 Å². The van der Waals surface area contributed by atoms with E-state index in [4.69, 9.17) is 5.73 Å². The fraction of sp³-hybridized carbons (Fsp3) is 0.129. The van der Waals surface area contributed by atoms with Gasteiger partial charge in [0.2, 0.25) is 0 Å². The lowest BCUT2D eigenvalue weighted by Gasteiger charge is -2.34. The van der Waals surface area contributed by atoms with E-state index in [-0.39, 0.29) is 17.4 Å². The van der Waals surface area contributed by atoms with Crippen LogP contribution >= 0.6 is 0 Å². The topological polar surface area (TPSA) is 114 Å².